The highest BCUT2D eigenvalue weighted by molar-refractivity contribution is 8.18. The van der Waals surface area contributed by atoms with Crippen molar-refractivity contribution >= 4 is 40.6 Å². The molecule has 0 spiro atoms. The molecule has 0 atom stereocenters. The predicted molar refractivity (Wildman–Crippen MR) is 117 cm³/mol. The fourth-order valence-corrected chi connectivity index (χ4v) is 3.53. The fraction of sp³-hybridized carbons (Fsp3) is 0.227. The number of rotatable bonds is 7. The molecule has 0 saturated carbocycles. The Balaban J connectivity index is 1.76. The highest BCUT2D eigenvalue weighted by atomic mass is 32.2. The van der Waals surface area contributed by atoms with E-state index in [9.17, 15) is 9.59 Å². The third-order valence-electron chi connectivity index (χ3n) is 4.05. The topological polar surface area (TPSA) is 86.2 Å². The number of benzene rings is 2. The fourth-order valence-electron chi connectivity index (χ4n) is 2.69. The number of ether oxygens (including phenoxy) is 3. The van der Waals surface area contributed by atoms with Crippen molar-refractivity contribution in [3.63, 3.8) is 0 Å². The molecule has 1 heterocycles. The Morgan fingerprint density at radius 2 is 1.87 bits per heavy atom. The highest BCUT2D eigenvalue weighted by Gasteiger charge is 2.24. The molecule has 0 radical (unpaired) electrons. The molecule has 3 rings (SSSR count). The van der Waals surface area contributed by atoms with Crippen LogP contribution in [-0.2, 0) is 9.53 Å². The molecule has 2 aromatic rings. The lowest BCUT2D eigenvalue weighted by Crippen LogP contribution is -2.19. The summed E-state index contributed by atoms with van der Waals surface area (Å²) in [5, 5.41) is 3.22. The number of nitrogens with one attached hydrogen (secondary N) is 1. The average Bonchev–Trinajstić information content (AvgIpc) is 3.08. The van der Waals surface area contributed by atoms with Gasteiger partial charge in [-0.3, -0.25) is 4.79 Å². The molecule has 0 aliphatic carbocycles. The first-order chi connectivity index (χ1) is 14.5. The van der Waals surface area contributed by atoms with Crippen LogP contribution in [-0.4, -0.2) is 37.4 Å². The molecule has 156 valence electrons. The van der Waals surface area contributed by atoms with Gasteiger partial charge in [-0.25, -0.2) is 9.79 Å². The Kier molecular flexibility index (Phi) is 7.13. The average molecular weight is 426 g/mol. The monoisotopic (exact) mass is 426 g/mol. The third-order valence-corrected chi connectivity index (χ3v) is 4.96. The number of amides is 1. The molecular weight excluding hydrogens is 404 g/mol. The summed E-state index contributed by atoms with van der Waals surface area (Å²) in [5.41, 5.74) is 1.89. The number of hydrogen-bond acceptors (Lipinski definition) is 7. The third kappa shape index (κ3) is 5.21. The Hall–Kier alpha value is -3.26. The zero-order valence-corrected chi connectivity index (χ0v) is 17.7. The molecule has 2 aromatic carbocycles. The van der Waals surface area contributed by atoms with Crippen LogP contribution in [0.2, 0.25) is 0 Å². The lowest BCUT2D eigenvalue weighted by atomic mass is 10.2. The zero-order chi connectivity index (χ0) is 21.5. The first kappa shape index (κ1) is 21.4. The molecule has 0 unspecified atom stereocenters. The molecule has 7 nitrogen and oxygen atoms in total. The Morgan fingerprint density at radius 1 is 1.10 bits per heavy atom. The molecule has 0 bridgehead atoms. The minimum atomic E-state index is -0.378. The van der Waals surface area contributed by atoms with Crippen molar-refractivity contribution in [2.24, 2.45) is 4.99 Å². The van der Waals surface area contributed by atoms with E-state index in [1.54, 1.807) is 50.4 Å². The van der Waals surface area contributed by atoms with Crippen LogP contribution in [0.4, 0.5) is 5.69 Å². The molecule has 1 aliphatic rings. The van der Waals surface area contributed by atoms with Crippen molar-refractivity contribution in [3.8, 4) is 11.5 Å². The summed E-state index contributed by atoms with van der Waals surface area (Å²) in [6, 6.07) is 12.2. The maximum atomic E-state index is 12.3. The van der Waals surface area contributed by atoms with Crippen LogP contribution in [0.3, 0.4) is 0 Å². The maximum Gasteiger partial charge on any atom is 0.338 e. The van der Waals surface area contributed by atoms with Crippen LogP contribution >= 0.6 is 11.8 Å². The minimum absolute atomic E-state index is 0.226. The molecule has 1 saturated heterocycles. The first-order valence-electron chi connectivity index (χ1n) is 9.41. The van der Waals surface area contributed by atoms with E-state index < -0.39 is 0 Å². The van der Waals surface area contributed by atoms with Gasteiger partial charge in [0.05, 0.1) is 36.5 Å². The summed E-state index contributed by atoms with van der Waals surface area (Å²) < 4.78 is 15.8. The van der Waals surface area contributed by atoms with E-state index in [1.165, 1.54) is 11.8 Å². The van der Waals surface area contributed by atoms with Gasteiger partial charge >= 0.3 is 5.97 Å². The summed E-state index contributed by atoms with van der Waals surface area (Å²) in [7, 11) is 1.58. The molecule has 30 heavy (non-hydrogen) atoms. The van der Waals surface area contributed by atoms with Crippen molar-refractivity contribution in [1.82, 2.24) is 5.32 Å². The van der Waals surface area contributed by atoms with E-state index in [2.05, 4.69) is 10.3 Å². The Morgan fingerprint density at radius 3 is 2.53 bits per heavy atom. The van der Waals surface area contributed by atoms with Crippen molar-refractivity contribution in [3.05, 3.63) is 58.5 Å². The number of carbonyl (C=O) groups excluding carboxylic acids is 2. The highest BCUT2D eigenvalue weighted by Crippen LogP contribution is 2.32. The van der Waals surface area contributed by atoms with Crippen molar-refractivity contribution in [2.75, 3.05) is 20.3 Å². The van der Waals surface area contributed by atoms with Gasteiger partial charge in [0.2, 0.25) is 0 Å². The maximum absolute atomic E-state index is 12.3. The number of amidine groups is 1. The number of carbonyl (C=O) groups is 2. The number of methoxy groups -OCH3 is 1. The minimum Gasteiger partial charge on any atom is -0.493 e. The van der Waals surface area contributed by atoms with Crippen LogP contribution in [0.5, 0.6) is 11.5 Å². The van der Waals surface area contributed by atoms with E-state index >= 15 is 0 Å². The van der Waals surface area contributed by atoms with E-state index in [0.29, 0.717) is 46.0 Å². The summed E-state index contributed by atoms with van der Waals surface area (Å²) in [6.45, 7) is 4.48. The summed E-state index contributed by atoms with van der Waals surface area (Å²) in [4.78, 5) is 29.0. The summed E-state index contributed by atoms with van der Waals surface area (Å²) >= 11 is 1.24. The van der Waals surface area contributed by atoms with E-state index in [-0.39, 0.29) is 11.9 Å². The van der Waals surface area contributed by atoms with Gasteiger partial charge in [0.1, 0.15) is 0 Å². The van der Waals surface area contributed by atoms with E-state index in [4.69, 9.17) is 14.2 Å². The van der Waals surface area contributed by atoms with Crippen molar-refractivity contribution < 1.29 is 23.8 Å². The number of thioether (sulfide) groups is 1. The number of esters is 1. The number of nitrogens with zero attached hydrogens (tertiary/aromatic N) is 1. The van der Waals surface area contributed by atoms with E-state index in [1.807, 2.05) is 19.1 Å². The SMILES string of the molecule is CCOC(=O)c1ccc(N=C2NC(=O)/C(=C\c3ccc(OC)c(OCC)c3)S2)cc1. The Bertz CT molecular complexity index is 999. The van der Waals surface area contributed by atoms with Gasteiger partial charge in [-0.1, -0.05) is 6.07 Å². The molecule has 8 heteroatoms. The predicted octanol–water partition coefficient (Wildman–Crippen LogP) is 4.16. The smallest absolute Gasteiger partial charge is 0.338 e. The molecule has 1 fully saturated rings. The molecule has 0 aromatic heterocycles. The normalized spacial score (nSPS) is 15.9. The van der Waals surface area contributed by atoms with Crippen LogP contribution in [0.1, 0.15) is 29.8 Å². The summed E-state index contributed by atoms with van der Waals surface area (Å²) in [6.07, 6.45) is 1.77. The van der Waals surface area contributed by atoms with Crippen molar-refractivity contribution in [2.45, 2.75) is 13.8 Å². The van der Waals surface area contributed by atoms with Crippen LogP contribution in [0.15, 0.2) is 52.4 Å². The number of aliphatic imine (C=N–C) groups is 1. The van der Waals surface area contributed by atoms with E-state index in [0.717, 1.165) is 5.56 Å². The van der Waals surface area contributed by atoms with Crippen LogP contribution < -0.4 is 14.8 Å². The van der Waals surface area contributed by atoms with Crippen LogP contribution in [0.25, 0.3) is 6.08 Å². The van der Waals surface area contributed by atoms with Gasteiger partial charge in [-0.2, -0.15) is 0 Å². The standard InChI is InChI=1S/C22H22N2O5S/c1-4-28-18-12-14(6-11-17(18)27-3)13-19-20(25)24-22(30-19)23-16-9-7-15(8-10-16)21(26)29-5-2/h6-13H,4-5H2,1-3H3,(H,23,24,25)/b19-13+. The second kappa shape index (κ2) is 9.98. The van der Waals surface area contributed by atoms with Crippen molar-refractivity contribution in [1.29, 1.82) is 0 Å². The Labute approximate surface area is 179 Å². The summed E-state index contributed by atoms with van der Waals surface area (Å²) in [5.74, 6) is 0.649. The molecule has 1 aliphatic heterocycles. The lowest BCUT2D eigenvalue weighted by molar-refractivity contribution is -0.115. The van der Waals surface area contributed by atoms with Gasteiger partial charge in [-0.15, -0.1) is 0 Å². The van der Waals surface area contributed by atoms with Crippen LogP contribution in [0, 0.1) is 0 Å². The second-order valence-corrected chi connectivity index (χ2v) is 7.12. The molecular formula is C22H22N2O5S. The first-order valence-corrected chi connectivity index (χ1v) is 10.2. The lowest BCUT2D eigenvalue weighted by Gasteiger charge is -2.09. The molecule has 1 amide bonds. The van der Waals surface area contributed by atoms with Gasteiger partial charge in [0, 0.05) is 0 Å². The largest absolute Gasteiger partial charge is 0.493 e. The second-order valence-electron chi connectivity index (χ2n) is 6.09. The quantitative estimate of drug-likeness (QED) is 0.528. The van der Waals surface area contributed by atoms with Gasteiger partial charge in [-0.05, 0) is 73.6 Å². The van der Waals surface area contributed by atoms with Gasteiger partial charge in [0.25, 0.3) is 5.91 Å². The van der Waals surface area contributed by atoms with Gasteiger partial charge < -0.3 is 19.5 Å². The zero-order valence-electron chi connectivity index (χ0n) is 16.9. The molecule has 1 N–H and O–H groups in total. The van der Waals surface area contributed by atoms with Gasteiger partial charge in [0.15, 0.2) is 16.7 Å². The number of hydrogen-bond donors (Lipinski definition) is 1.